The van der Waals surface area contributed by atoms with Crippen molar-refractivity contribution >= 4 is 28.8 Å². The highest BCUT2D eigenvalue weighted by molar-refractivity contribution is 7.99. The van der Waals surface area contributed by atoms with Gasteiger partial charge in [0.05, 0.1) is 17.8 Å². The van der Waals surface area contributed by atoms with Crippen LogP contribution < -0.4 is 10.2 Å². The molecule has 0 saturated carbocycles. The number of thioether (sulfide) groups is 1. The number of hydrogen-bond acceptors (Lipinski definition) is 5. The molecule has 2 N–H and O–H groups in total. The number of nitriles is 1. The molecule has 98 valence electrons. The van der Waals surface area contributed by atoms with Crippen LogP contribution >= 0.6 is 23.1 Å². The fourth-order valence-corrected chi connectivity index (χ4v) is 3.03. The van der Waals surface area contributed by atoms with Gasteiger partial charge < -0.3 is 10.3 Å². The molecule has 0 aliphatic carbocycles. The van der Waals surface area contributed by atoms with Crippen LogP contribution in [0.5, 0.6) is 0 Å². The topological polar surface area (TPSA) is 68.7 Å². The average Bonchev–Trinajstić information content (AvgIpc) is 2.83. The van der Waals surface area contributed by atoms with Crippen LogP contribution in [0.4, 0.5) is 5.69 Å². The Balaban J connectivity index is 2.18. The summed E-state index contributed by atoms with van der Waals surface area (Å²) >= 11 is 2.79. The molecule has 1 aromatic heterocycles. The summed E-state index contributed by atoms with van der Waals surface area (Å²) in [6.45, 7) is 2.57. The van der Waals surface area contributed by atoms with Gasteiger partial charge in [0.2, 0.25) is 0 Å². The van der Waals surface area contributed by atoms with Gasteiger partial charge in [0.15, 0.2) is 0 Å². The van der Waals surface area contributed by atoms with Crippen LogP contribution in [0.25, 0.3) is 0 Å². The summed E-state index contributed by atoms with van der Waals surface area (Å²) in [6, 6.07) is 7.99. The minimum atomic E-state index is -0.0624. The molecule has 0 saturated heterocycles. The summed E-state index contributed by atoms with van der Waals surface area (Å²) in [6.07, 6.45) is 0. The molecule has 0 unspecified atom stereocenters. The van der Waals surface area contributed by atoms with E-state index in [-0.39, 0.29) is 4.87 Å². The minimum Gasteiger partial charge on any atom is -0.378 e. The van der Waals surface area contributed by atoms with E-state index in [1.807, 2.05) is 18.2 Å². The molecule has 0 spiro atoms. The Kier molecular flexibility index (Phi) is 4.66. The second-order valence-corrected chi connectivity index (χ2v) is 5.90. The van der Waals surface area contributed by atoms with Gasteiger partial charge in [0, 0.05) is 16.0 Å². The number of rotatable bonds is 5. The molecule has 4 nitrogen and oxygen atoms in total. The van der Waals surface area contributed by atoms with Crippen molar-refractivity contribution in [3.05, 3.63) is 44.5 Å². The molecule has 0 amide bonds. The van der Waals surface area contributed by atoms with Crippen LogP contribution in [-0.2, 0) is 6.54 Å². The monoisotopic (exact) mass is 291 g/mol. The maximum Gasteiger partial charge on any atom is 0.304 e. The third kappa shape index (κ3) is 3.40. The van der Waals surface area contributed by atoms with Gasteiger partial charge in [-0.1, -0.05) is 24.3 Å². The molecule has 0 radical (unpaired) electrons. The summed E-state index contributed by atoms with van der Waals surface area (Å²) in [5.74, 6) is 0.927. The Hall–Kier alpha value is -1.71. The van der Waals surface area contributed by atoms with E-state index >= 15 is 0 Å². The molecule has 0 aliphatic heterocycles. The maximum atomic E-state index is 11.0. The van der Waals surface area contributed by atoms with Crippen LogP contribution in [0.3, 0.4) is 0 Å². The molecule has 1 heterocycles. The molecule has 0 bridgehead atoms. The highest BCUT2D eigenvalue weighted by Gasteiger charge is 2.08. The zero-order valence-electron chi connectivity index (χ0n) is 10.4. The van der Waals surface area contributed by atoms with Crippen LogP contribution in [0.15, 0.2) is 33.3 Å². The van der Waals surface area contributed by atoms with Crippen LogP contribution in [0.1, 0.15) is 18.2 Å². The first-order valence-corrected chi connectivity index (χ1v) is 7.67. The number of hydrogen-bond donors (Lipinski definition) is 2. The van der Waals surface area contributed by atoms with Crippen LogP contribution in [0.2, 0.25) is 0 Å². The fraction of sp³-hybridized carbons (Fsp3) is 0.231. The normalized spacial score (nSPS) is 10.1. The maximum absolute atomic E-state index is 11.0. The van der Waals surface area contributed by atoms with Crippen molar-refractivity contribution in [2.24, 2.45) is 0 Å². The molecular weight excluding hydrogens is 278 g/mol. The van der Waals surface area contributed by atoms with Crippen LogP contribution in [0, 0.1) is 11.3 Å². The number of benzene rings is 1. The number of H-pyrrole nitrogens is 1. The molecule has 0 fully saturated rings. The van der Waals surface area contributed by atoms with Gasteiger partial charge in [0.25, 0.3) is 0 Å². The predicted octanol–water partition coefficient (Wildman–Crippen LogP) is 3.03. The minimum absolute atomic E-state index is 0.0624. The van der Waals surface area contributed by atoms with E-state index in [1.54, 1.807) is 17.1 Å². The second kappa shape index (κ2) is 6.45. The van der Waals surface area contributed by atoms with Gasteiger partial charge in [-0.05, 0) is 17.9 Å². The second-order valence-electron chi connectivity index (χ2n) is 3.75. The SMILES string of the molecule is CCSc1cccc(NCc2csc(=O)[nH]2)c1C#N. The molecule has 1 aromatic carbocycles. The van der Waals surface area contributed by atoms with Gasteiger partial charge in [-0.3, -0.25) is 4.79 Å². The zero-order chi connectivity index (χ0) is 13.7. The largest absolute Gasteiger partial charge is 0.378 e. The first-order valence-electron chi connectivity index (χ1n) is 5.81. The first kappa shape index (κ1) is 13.7. The summed E-state index contributed by atoms with van der Waals surface area (Å²) in [5, 5.41) is 14.2. The van der Waals surface area contributed by atoms with Gasteiger partial charge >= 0.3 is 4.87 Å². The lowest BCUT2D eigenvalue weighted by molar-refractivity contribution is 1.05. The molecule has 19 heavy (non-hydrogen) atoms. The van der Waals surface area contributed by atoms with E-state index < -0.39 is 0 Å². The van der Waals surface area contributed by atoms with Crippen molar-refractivity contribution in [1.82, 2.24) is 4.98 Å². The Bertz CT molecular complexity index is 654. The van der Waals surface area contributed by atoms with Crippen molar-refractivity contribution in [3.8, 4) is 6.07 Å². The van der Waals surface area contributed by atoms with Gasteiger partial charge in [-0.15, -0.1) is 11.8 Å². The van der Waals surface area contributed by atoms with Gasteiger partial charge in [0.1, 0.15) is 6.07 Å². The number of nitrogens with zero attached hydrogens (tertiary/aromatic N) is 1. The van der Waals surface area contributed by atoms with E-state index in [1.165, 1.54) is 0 Å². The Morgan fingerprint density at radius 2 is 2.37 bits per heavy atom. The highest BCUT2D eigenvalue weighted by atomic mass is 32.2. The van der Waals surface area contributed by atoms with Crippen molar-refractivity contribution in [2.75, 3.05) is 11.1 Å². The lowest BCUT2D eigenvalue weighted by Crippen LogP contribution is -2.04. The Labute approximate surface area is 119 Å². The number of nitrogens with one attached hydrogen (secondary N) is 2. The van der Waals surface area contributed by atoms with E-state index in [0.717, 1.165) is 33.4 Å². The lowest BCUT2D eigenvalue weighted by Gasteiger charge is -2.10. The molecule has 6 heteroatoms. The average molecular weight is 291 g/mol. The smallest absolute Gasteiger partial charge is 0.304 e. The number of thiazole rings is 1. The van der Waals surface area contributed by atoms with Crippen molar-refractivity contribution in [3.63, 3.8) is 0 Å². The molecular formula is C13H13N3OS2. The van der Waals surface area contributed by atoms with E-state index in [0.29, 0.717) is 12.1 Å². The predicted molar refractivity (Wildman–Crippen MR) is 79.8 cm³/mol. The fourth-order valence-electron chi connectivity index (χ4n) is 1.66. The summed E-state index contributed by atoms with van der Waals surface area (Å²) in [4.78, 5) is 14.7. The van der Waals surface area contributed by atoms with Crippen molar-refractivity contribution < 1.29 is 0 Å². The standard InChI is InChI=1S/C13H13N3OS2/c1-2-18-12-5-3-4-11(10(12)6-14)15-7-9-8-19-13(17)16-9/h3-5,8,15H,2,7H2,1H3,(H,16,17). The van der Waals surface area contributed by atoms with Crippen LogP contribution in [-0.4, -0.2) is 10.7 Å². The number of aromatic nitrogens is 1. The van der Waals surface area contributed by atoms with E-state index in [9.17, 15) is 10.1 Å². The Morgan fingerprint density at radius 1 is 1.53 bits per heavy atom. The van der Waals surface area contributed by atoms with Crippen molar-refractivity contribution in [1.29, 1.82) is 5.26 Å². The quantitative estimate of drug-likeness (QED) is 0.831. The van der Waals surface area contributed by atoms with E-state index in [2.05, 4.69) is 23.3 Å². The molecule has 0 aliphatic rings. The third-order valence-electron chi connectivity index (χ3n) is 2.48. The molecule has 2 rings (SSSR count). The molecule has 0 atom stereocenters. The van der Waals surface area contributed by atoms with Crippen molar-refractivity contribution in [2.45, 2.75) is 18.4 Å². The first-order chi connectivity index (χ1) is 9.24. The summed E-state index contributed by atoms with van der Waals surface area (Å²) < 4.78 is 0. The zero-order valence-corrected chi connectivity index (χ0v) is 12.0. The lowest BCUT2D eigenvalue weighted by atomic mass is 10.2. The number of aromatic amines is 1. The van der Waals surface area contributed by atoms with E-state index in [4.69, 9.17) is 0 Å². The Morgan fingerprint density at radius 3 is 3.00 bits per heavy atom. The van der Waals surface area contributed by atoms with Gasteiger partial charge in [-0.25, -0.2) is 0 Å². The third-order valence-corrected chi connectivity index (χ3v) is 4.14. The van der Waals surface area contributed by atoms with Gasteiger partial charge in [-0.2, -0.15) is 5.26 Å². The number of anilines is 1. The molecule has 2 aromatic rings. The highest BCUT2D eigenvalue weighted by Crippen LogP contribution is 2.27. The summed E-state index contributed by atoms with van der Waals surface area (Å²) in [7, 11) is 0. The summed E-state index contributed by atoms with van der Waals surface area (Å²) in [5.41, 5.74) is 2.28.